The third-order valence-corrected chi connectivity index (χ3v) is 3.59. The summed E-state index contributed by atoms with van der Waals surface area (Å²) in [5.41, 5.74) is 0.895. The summed E-state index contributed by atoms with van der Waals surface area (Å²) in [5, 5.41) is 0. The van der Waals surface area contributed by atoms with Crippen LogP contribution in [0.2, 0.25) is 0 Å². The predicted octanol–water partition coefficient (Wildman–Crippen LogP) is 2.67. The van der Waals surface area contributed by atoms with E-state index >= 15 is 0 Å². The van der Waals surface area contributed by atoms with E-state index < -0.39 is 0 Å². The summed E-state index contributed by atoms with van der Waals surface area (Å²) in [7, 11) is 0. The highest BCUT2D eigenvalue weighted by Crippen LogP contribution is 2.15. The Morgan fingerprint density at radius 2 is 1.89 bits per heavy atom. The summed E-state index contributed by atoms with van der Waals surface area (Å²) in [5.74, 6) is 0.751. The van der Waals surface area contributed by atoms with Crippen molar-refractivity contribution in [2.45, 2.75) is 26.2 Å². The van der Waals surface area contributed by atoms with Crippen molar-refractivity contribution in [2.24, 2.45) is 5.92 Å². The smallest absolute Gasteiger partial charge is 0.151 e. The van der Waals surface area contributed by atoms with Gasteiger partial charge in [-0.2, -0.15) is 0 Å². The highest BCUT2D eigenvalue weighted by atomic mass is 19.1. The van der Waals surface area contributed by atoms with Crippen LogP contribution in [0.25, 0.3) is 0 Å². The second kappa shape index (κ2) is 6.10. The van der Waals surface area contributed by atoms with Gasteiger partial charge in [0.15, 0.2) is 5.78 Å². The van der Waals surface area contributed by atoms with Crippen molar-refractivity contribution in [1.29, 1.82) is 0 Å². The number of rotatable bonds is 4. The van der Waals surface area contributed by atoms with Crippen molar-refractivity contribution in [1.82, 2.24) is 4.90 Å². The number of hydrogen-bond donors (Lipinski definition) is 0. The molecule has 2 rings (SSSR count). The topological polar surface area (TPSA) is 20.3 Å². The number of carbonyl (C=O) groups excluding carboxylic acids is 1. The first kappa shape index (κ1) is 13.2. The lowest BCUT2D eigenvalue weighted by molar-refractivity contribution is -0.119. The first-order valence-electron chi connectivity index (χ1n) is 6.62. The highest BCUT2D eigenvalue weighted by Gasteiger charge is 2.17. The molecule has 1 aromatic rings. The summed E-state index contributed by atoms with van der Waals surface area (Å²) in [4.78, 5) is 14.1. The van der Waals surface area contributed by atoms with E-state index in [-0.39, 0.29) is 11.6 Å². The van der Waals surface area contributed by atoms with Crippen LogP contribution in [0.1, 0.15) is 25.3 Å². The first-order chi connectivity index (χ1) is 8.63. The molecule has 1 fully saturated rings. The SMILES string of the molecule is CC1CCN(CC(=O)Cc2ccc(F)cc2)CC1. The number of nitrogens with zero attached hydrogens (tertiary/aromatic N) is 1. The molecule has 0 radical (unpaired) electrons. The Balaban J connectivity index is 1.80. The van der Waals surface area contributed by atoms with E-state index in [1.807, 2.05) is 0 Å². The fraction of sp³-hybridized carbons (Fsp3) is 0.533. The van der Waals surface area contributed by atoms with E-state index in [2.05, 4.69) is 11.8 Å². The van der Waals surface area contributed by atoms with Crippen molar-refractivity contribution >= 4 is 5.78 Å². The van der Waals surface area contributed by atoms with Crippen molar-refractivity contribution in [2.75, 3.05) is 19.6 Å². The van der Waals surface area contributed by atoms with Crippen LogP contribution in [0.5, 0.6) is 0 Å². The summed E-state index contributed by atoms with van der Waals surface area (Å²) >= 11 is 0. The second-order valence-electron chi connectivity index (χ2n) is 5.30. The Morgan fingerprint density at radius 3 is 2.50 bits per heavy atom. The van der Waals surface area contributed by atoms with Crippen LogP contribution in [0, 0.1) is 11.7 Å². The average Bonchev–Trinajstić information content (AvgIpc) is 2.35. The molecule has 0 bridgehead atoms. The van der Waals surface area contributed by atoms with Crippen molar-refractivity contribution in [3.63, 3.8) is 0 Å². The van der Waals surface area contributed by atoms with Gasteiger partial charge in [0.2, 0.25) is 0 Å². The van der Waals surface area contributed by atoms with Gasteiger partial charge < -0.3 is 0 Å². The number of benzene rings is 1. The van der Waals surface area contributed by atoms with Gasteiger partial charge in [0.1, 0.15) is 5.82 Å². The molecule has 0 aromatic heterocycles. The Morgan fingerprint density at radius 1 is 1.28 bits per heavy atom. The Bertz CT molecular complexity index is 393. The molecule has 1 saturated heterocycles. The zero-order valence-electron chi connectivity index (χ0n) is 10.9. The Labute approximate surface area is 108 Å². The molecule has 0 N–H and O–H groups in total. The zero-order valence-corrected chi connectivity index (χ0v) is 10.9. The van der Waals surface area contributed by atoms with Gasteiger partial charge in [-0.05, 0) is 49.5 Å². The molecular weight excluding hydrogens is 229 g/mol. The number of hydrogen-bond acceptors (Lipinski definition) is 2. The number of carbonyl (C=O) groups is 1. The average molecular weight is 249 g/mol. The van der Waals surface area contributed by atoms with Crippen LogP contribution in [-0.2, 0) is 11.2 Å². The maximum Gasteiger partial charge on any atom is 0.151 e. The van der Waals surface area contributed by atoms with Gasteiger partial charge in [0.25, 0.3) is 0 Å². The molecule has 18 heavy (non-hydrogen) atoms. The standard InChI is InChI=1S/C15H20FNO/c1-12-6-8-17(9-7-12)11-15(18)10-13-2-4-14(16)5-3-13/h2-5,12H,6-11H2,1H3. The molecule has 98 valence electrons. The van der Waals surface area contributed by atoms with Gasteiger partial charge in [-0.15, -0.1) is 0 Å². The molecule has 0 saturated carbocycles. The minimum atomic E-state index is -0.254. The zero-order chi connectivity index (χ0) is 13.0. The van der Waals surface area contributed by atoms with Gasteiger partial charge in [0, 0.05) is 6.42 Å². The number of likely N-dealkylation sites (tertiary alicyclic amines) is 1. The molecule has 0 aliphatic carbocycles. The molecule has 0 amide bonds. The normalized spacial score (nSPS) is 17.9. The second-order valence-corrected chi connectivity index (χ2v) is 5.30. The highest BCUT2D eigenvalue weighted by molar-refractivity contribution is 5.82. The quantitative estimate of drug-likeness (QED) is 0.817. The van der Waals surface area contributed by atoms with E-state index in [4.69, 9.17) is 0 Å². The van der Waals surface area contributed by atoms with Crippen molar-refractivity contribution < 1.29 is 9.18 Å². The molecule has 1 aliphatic rings. The molecule has 2 nitrogen and oxygen atoms in total. The number of piperidine rings is 1. The lowest BCUT2D eigenvalue weighted by Gasteiger charge is -2.29. The fourth-order valence-electron chi connectivity index (χ4n) is 2.36. The Kier molecular flexibility index (Phi) is 4.48. The predicted molar refractivity (Wildman–Crippen MR) is 69.9 cm³/mol. The van der Waals surface area contributed by atoms with E-state index in [9.17, 15) is 9.18 Å². The lowest BCUT2D eigenvalue weighted by Crippen LogP contribution is -2.37. The summed E-state index contributed by atoms with van der Waals surface area (Å²) in [6, 6.07) is 6.19. The lowest BCUT2D eigenvalue weighted by atomic mass is 9.99. The minimum absolute atomic E-state index is 0.219. The van der Waals surface area contributed by atoms with Crippen LogP contribution >= 0.6 is 0 Å². The van der Waals surface area contributed by atoms with Crippen LogP contribution in [0.15, 0.2) is 24.3 Å². The first-order valence-corrected chi connectivity index (χ1v) is 6.62. The molecular formula is C15H20FNO. The van der Waals surface area contributed by atoms with E-state index in [1.165, 1.54) is 25.0 Å². The van der Waals surface area contributed by atoms with Crippen LogP contribution in [-0.4, -0.2) is 30.3 Å². The third kappa shape index (κ3) is 3.91. The van der Waals surface area contributed by atoms with Crippen LogP contribution in [0.3, 0.4) is 0 Å². The largest absolute Gasteiger partial charge is 0.298 e. The van der Waals surface area contributed by atoms with Gasteiger partial charge >= 0.3 is 0 Å². The number of ketones is 1. The molecule has 0 unspecified atom stereocenters. The van der Waals surface area contributed by atoms with E-state index in [1.54, 1.807) is 12.1 Å². The molecule has 1 heterocycles. The van der Waals surface area contributed by atoms with Gasteiger partial charge in [-0.1, -0.05) is 19.1 Å². The van der Waals surface area contributed by atoms with Crippen molar-refractivity contribution in [3.05, 3.63) is 35.6 Å². The fourth-order valence-corrected chi connectivity index (χ4v) is 2.36. The summed E-state index contributed by atoms with van der Waals surface area (Å²) < 4.78 is 12.7. The van der Waals surface area contributed by atoms with Crippen LogP contribution in [0.4, 0.5) is 4.39 Å². The maximum absolute atomic E-state index is 12.7. The molecule has 3 heteroatoms. The van der Waals surface area contributed by atoms with E-state index in [0.717, 1.165) is 24.6 Å². The third-order valence-electron chi connectivity index (χ3n) is 3.59. The van der Waals surface area contributed by atoms with E-state index in [0.29, 0.717) is 13.0 Å². The summed E-state index contributed by atoms with van der Waals surface area (Å²) in [6.45, 7) is 4.84. The number of halogens is 1. The van der Waals surface area contributed by atoms with Crippen molar-refractivity contribution in [3.8, 4) is 0 Å². The minimum Gasteiger partial charge on any atom is -0.298 e. The number of Topliss-reactive ketones (excluding diaryl/α,β-unsaturated/α-hetero) is 1. The molecule has 1 aliphatic heterocycles. The van der Waals surface area contributed by atoms with Gasteiger partial charge in [0.05, 0.1) is 6.54 Å². The molecule has 1 aromatic carbocycles. The van der Waals surface area contributed by atoms with Gasteiger partial charge in [-0.3, -0.25) is 9.69 Å². The molecule has 0 spiro atoms. The maximum atomic E-state index is 12.7. The Hall–Kier alpha value is -1.22. The monoisotopic (exact) mass is 249 g/mol. The summed E-state index contributed by atoms with van der Waals surface area (Å²) in [6.07, 6.45) is 2.78. The van der Waals surface area contributed by atoms with Gasteiger partial charge in [-0.25, -0.2) is 4.39 Å². The van der Waals surface area contributed by atoms with Crippen LogP contribution < -0.4 is 0 Å². The molecule has 0 atom stereocenters.